The van der Waals surface area contributed by atoms with E-state index in [1.165, 1.54) is 7.11 Å². The highest BCUT2D eigenvalue weighted by Crippen LogP contribution is 1.99. The summed E-state index contributed by atoms with van der Waals surface area (Å²) >= 11 is 0. The molecule has 0 fully saturated rings. The first-order valence-electron chi connectivity index (χ1n) is 9.40. The van der Waals surface area contributed by atoms with Crippen LogP contribution in [0.5, 0.6) is 0 Å². The number of benzene rings is 1. The first-order valence-corrected chi connectivity index (χ1v) is 9.40. The molecule has 0 saturated carbocycles. The maximum atomic E-state index is 10.8. The van der Waals surface area contributed by atoms with Gasteiger partial charge in [0.05, 0.1) is 79.8 Å². The average molecular weight is 400 g/mol. The Hall–Kier alpha value is -1.55. The molecule has 0 amide bonds. The monoisotopic (exact) mass is 400 g/mol. The normalized spacial score (nSPS) is 10.9. The number of rotatable bonds is 19. The molecule has 28 heavy (non-hydrogen) atoms. The van der Waals surface area contributed by atoms with Gasteiger partial charge in [-0.25, -0.2) is 4.79 Å². The van der Waals surface area contributed by atoms with E-state index < -0.39 is 5.97 Å². The lowest BCUT2D eigenvalue weighted by molar-refractivity contribution is -0.146. The zero-order valence-corrected chi connectivity index (χ0v) is 16.6. The molecule has 8 heteroatoms. The van der Waals surface area contributed by atoms with E-state index in [-0.39, 0.29) is 6.61 Å². The summed E-state index contributed by atoms with van der Waals surface area (Å²) in [4.78, 5) is 10.8. The van der Waals surface area contributed by atoms with Crippen molar-refractivity contribution in [2.45, 2.75) is 6.61 Å². The topological polar surface area (TPSA) is 81.7 Å². The van der Waals surface area contributed by atoms with Gasteiger partial charge in [-0.1, -0.05) is 30.3 Å². The van der Waals surface area contributed by atoms with E-state index in [0.29, 0.717) is 72.7 Å². The molecule has 0 unspecified atom stereocenters. The Balaban J connectivity index is 1.69. The highest BCUT2D eigenvalue weighted by molar-refractivity contribution is 5.70. The number of hydrogen-bond acceptors (Lipinski definition) is 8. The van der Waals surface area contributed by atoms with Crippen molar-refractivity contribution in [2.75, 3.05) is 79.8 Å². The lowest BCUT2D eigenvalue weighted by atomic mass is 10.2. The number of ether oxygens (including phenoxy) is 7. The smallest absolute Gasteiger partial charge is 0.331 e. The van der Waals surface area contributed by atoms with Crippen molar-refractivity contribution in [2.24, 2.45) is 0 Å². The van der Waals surface area contributed by atoms with E-state index in [9.17, 15) is 4.79 Å². The van der Waals surface area contributed by atoms with Gasteiger partial charge in [0, 0.05) is 0 Å². The summed E-state index contributed by atoms with van der Waals surface area (Å²) in [7, 11) is 1.32. The second-order valence-electron chi connectivity index (χ2n) is 5.62. The van der Waals surface area contributed by atoms with Crippen LogP contribution in [0.25, 0.3) is 0 Å². The van der Waals surface area contributed by atoms with Crippen LogP contribution in [0.1, 0.15) is 5.56 Å². The van der Waals surface area contributed by atoms with Gasteiger partial charge in [0.1, 0.15) is 6.61 Å². The molecule has 1 aromatic carbocycles. The first kappa shape index (κ1) is 24.5. The molecule has 8 nitrogen and oxygen atoms in total. The van der Waals surface area contributed by atoms with Crippen LogP contribution in [0.4, 0.5) is 0 Å². The van der Waals surface area contributed by atoms with Gasteiger partial charge >= 0.3 is 5.97 Å². The van der Waals surface area contributed by atoms with Crippen LogP contribution < -0.4 is 0 Å². The molecule has 1 aromatic rings. The molecule has 0 radical (unpaired) electrons. The van der Waals surface area contributed by atoms with Crippen LogP contribution in [0.3, 0.4) is 0 Å². The second-order valence-corrected chi connectivity index (χ2v) is 5.62. The SMILES string of the molecule is COC(=O)COCCOCCOCCOCCOCCOCc1ccccc1. The third kappa shape index (κ3) is 15.5. The third-order valence-electron chi connectivity index (χ3n) is 3.42. The molecule has 0 aliphatic heterocycles. The quantitative estimate of drug-likeness (QED) is 0.255. The van der Waals surface area contributed by atoms with E-state index in [4.69, 9.17) is 28.4 Å². The lowest BCUT2D eigenvalue weighted by Gasteiger charge is -2.08. The van der Waals surface area contributed by atoms with Gasteiger partial charge in [-0.2, -0.15) is 0 Å². The average Bonchev–Trinajstić information content (AvgIpc) is 2.73. The fourth-order valence-electron chi connectivity index (χ4n) is 1.98. The first-order chi connectivity index (χ1) is 13.8. The zero-order valence-electron chi connectivity index (χ0n) is 16.6. The highest BCUT2D eigenvalue weighted by Gasteiger charge is 1.99. The summed E-state index contributed by atoms with van der Waals surface area (Å²) in [5.41, 5.74) is 1.16. The highest BCUT2D eigenvalue weighted by atomic mass is 16.6. The maximum absolute atomic E-state index is 10.8. The summed E-state index contributed by atoms with van der Waals surface area (Å²) in [6.07, 6.45) is 0. The van der Waals surface area contributed by atoms with Crippen LogP contribution in [-0.2, 0) is 44.6 Å². The van der Waals surface area contributed by atoms with Crippen molar-refractivity contribution < 1.29 is 38.0 Å². The minimum atomic E-state index is -0.398. The molecule has 0 N–H and O–H groups in total. The van der Waals surface area contributed by atoms with Crippen molar-refractivity contribution in [3.05, 3.63) is 35.9 Å². The molecular formula is C20H32O8. The summed E-state index contributed by atoms with van der Waals surface area (Å²) in [5, 5.41) is 0. The number of esters is 1. The number of carbonyl (C=O) groups is 1. The molecule has 0 aromatic heterocycles. The molecule has 0 saturated heterocycles. The van der Waals surface area contributed by atoms with Crippen LogP contribution in [0.15, 0.2) is 30.3 Å². The van der Waals surface area contributed by atoms with Crippen LogP contribution in [-0.4, -0.2) is 85.8 Å². The fourth-order valence-corrected chi connectivity index (χ4v) is 1.98. The largest absolute Gasteiger partial charge is 0.467 e. The summed E-state index contributed by atoms with van der Waals surface area (Å²) in [6, 6.07) is 10.0. The van der Waals surface area contributed by atoms with Gasteiger partial charge in [0.2, 0.25) is 0 Å². The Morgan fingerprint density at radius 1 is 0.643 bits per heavy atom. The number of carbonyl (C=O) groups excluding carboxylic acids is 1. The predicted molar refractivity (Wildman–Crippen MR) is 102 cm³/mol. The lowest BCUT2D eigenvalue weighted by Crippen LogP contribution is -2.15. The van der Waals surface area contributed by atoms with Gasteiger partial charge in [-0.15, -0.1) is 0 Å². The second kappa shape index (κ2) is 18.8. The molecule has 0 atom stereocenters. The van der Waals surface area contributed by atoms with E-state index in [1.54, 1.807) is 0 Å². The van der Waals surface area contributed by atoms with E-state index >= 15 is 0 Å². The molecule has 0 aliphatic carbocycles. The summed E-state index contributed by atoms with van der Waals surface area (Å²) in [5.74, 6) is -0.398. The predicted octanol–water partition coefficient (Wildman–Crippen LogP) is 1.46. The van der Waals surface area contributed by atoms with E-state index in [2.05, 4.69) is 4.74 Å². The Kier molecular flexibility index (Phi) is 16.4. The molecule has 0 spiro atoms. The minimum Gasteiger partial charge on any atom is -0.467 e. The molecule has 0 bridgehead atoms. The van der Waals surface area contributed by atoms with E-state index in [1.807, 2.05) is 30.3 Å². The molecule has 1 rings (SSSR count). The maximum Gasteiger partial charge on any atom is 0.331 e. The Labute approximate surface area is 166 Å². The van der Waals surface area contributed by atoms with Gasteiger partial charge < -0.3 is 33.2 Å². The van der Waals surface area contributed by atoms with E-state index in [0.717, 1.165) is 5.56 Å². The van der Waals surface area contributed by atoms with Gasteiger partial charge in [-0.05, 0) is 5.56 Å². The van der Waals surface area contributed by atoms with Crippen LogP contribution >= 0.6 is 0 Å². The summed E-state index contributed by atoms with van der Waals surface area (Å²) < 4.78 is 36.5. The molecular weight excluding hydrogens is 368 g/mol. The van der Waals surface area contributed by atoms with Gasteiger partial charge in [-0.3, -0.25) is 0 Å². The summed E-state index contributed by atoms with van der Waals surface area (Å²) in [6.45, 7) is 5.42. The number of methoxy groups -OCH3 is 1. The van der Waals surface area contributed by atoms with Crippen LogP contribution in [0, 0.1) is 0 Å². The Morgan fingerprint density at radius 2 is 1.07 bits per heavy atom. The van der Waals surface area contributed by atoms with Crippen molar-refractivity contribution in [3.63, 3.8) is 0 Å². The third-order valence-corrected chi connectivity index (χ3v) is 3.42. The standard InChI is InChI=1S/C20H32O8/c1-22-20(21)18-28-16-14-26-12-10-24-8-7-23-9-11-25-13-15-27-17-19-5-3-2-4-6-19/h2-6H,7-18H2,1H3. The zero-order chi connectivity index (χ0) is 20.1. The molecule has 0 aliphatic rings. The fraction of sp³-hybridized carbons (Fsp3) is 0.650. The number of hydrogen-bond donors (Lipinski definition) is 0. The van der Waals surface area contributed by atoms with Crippen molar-refractivity contribution in [1.82, 2.24) is 0 Å². The molecule has 0 heterocycles. The Bertz CT molecular complexity index is 469. The Morgan fingerprint density at radius 3 is 1.54 bits per heavy atom. The minimum absolute atomic E-state index is 0.0574. The van der Waals surface area contributed by atoms with Crippen LogP contribution in [0.2, 0.25) is 0 Å². The molecule has 160 valence electrons. The van der Waals surface area contributed by atoms with Gasteiger partial charge in [0.15, 0.2) is 0 Å². The van der Waals surface area contributed by atoms with Crippen molar-refractivity contribution >= 4 is 5.97 Å². The van der Waals surface area contributed by atoms with Crippen molar-refractivity contribution in [3.8, 4) is 0 Å². The van der Waals surface area contributed by atoms with Gasteiger partial charge in [0.25, 0.3) is 0 Å². The van der Waals surface area contributed by atoms with Crippen molar-refractivity contribution in [1.29, 1.82) is 0 Å².